The van der Waals surface area contributed by atoms with Crippen LogP contribution in [0.15, 0.2) is 18.2 Å². The predicted molar refractivity (Wildman–Crippen MR) is 86.8 cm³/mol. The molecule has 0 heterocycles. The molecule has 3 heteroatoms. The molecular formula is C18H29NO2. The van der Waals surface area contributed by atoms with Crippen LogP contribution in [0.5, 0.6) is 11.5 Å². The third-order valence-electron chi connectivity index (χ3n) is 5.07. The quantitative estimate of drug-likeness (QED) is 0.885. The van der Waals surface area contributed by atoms with Crippen LogP contribution in [0.25, 0.3) is 0 Å². The van der Waals surface area contributed by atoms with Crippen molar-refractivity contribution in [3.05, 3.63) is 23.8 Å². The molecule has 118 valence electrons. The summed E-state index contributed by atoms with van der Waals surface area (Å²) >= 11 is 0. The second kappa shape index (κ2) is 7.17. The standard InChI is InChI=1S/C18H29NO2/c1-12(2)13-5-7-14(8-6-13)18(19)16-10-9-15(20-3)11-17(16)21-4/h9-14,18H,5-8,19H2,1-4H3. The summed E-state index contributed by atoms with van der Waals surface area (Å²) in [6, 6.07) is 6.00. The van der Waals surface area contributed by atoms with E-state index in [-0.39, 0.29) is 6.04 Å². The molecule has 1 unspecified atom stereocenters. The van der Waals surface area contributed by atoms with Gasteiger partial charge in [0, 0.05) is 17.7 Å². The van der Waals surface area contributed by atoms with Crippen molar-refractivity contribution in [1.29, 1.82) is 0 Å². The first-order valence-corrected chi connectivity index (χ1v) is 8.04. The monoisotopic (exact) mass is 291 g/mol. The molecular weight excluding hydrogens is 262 g/mol. The fraction of sp³-hybridized carbons (Fsp3) is 0.667. The molecule has 3 nitrogen and oxygen atoms in total. The van der Waals surface area contributed by atoms with Crippen LogP contribution in [-0.2, 0) is 0 Å². The van der Waals surface area contributed by atoms with Crippen LogP contribution in [0.3, 0.4) is 0 Å². The van der Waals surface area contributed by atoms with Crippen molar-refractivity contribution in [1.82, 2.24) is 0 Å². The highest BCUT2D eigenvalue weighted by molar-refractivity contribution is 5.42. The van der Waals surface area contributed by atoms with Gasteiger partial charge in [-0.25, -0.2) is 0 Å². The van der Waals surface area contributed by atoms with Crippen LogP contribution in [0, 0.1) is 17.8 Å². The highest BCUT2D eigenvalue weighted by Gasteiger charge is 2.29. The van der Waals surface area contributed by atoms with Gasteiger partial charge in [-0.15, -0.1) is 0 Å². The van der Waals surface area contributed by atoms with Crippen molar-refractivity contribution >= 4 is 0 Å². The molecule has 0 bridgehead atoms. The first-order valence-electron chi connectivity index (χ1n) is 8.04. The molecule has 1 aromatic carbocycles. The zero-order valence-corrected chi connectivity index (χ0v) is 13.8. The lowest BCUT2D eigenvalue weighted by atomic mass is 9.73. The van der Waals surface area contributed by atoms with Crippen LogP contribution < -0.4 is 15.2 Å². The van der Waals surface area contributed by atoms with Crippen molar-refractivity contribution < 1.29 is 9.47 Å². The van der Waals surface area contributed by atoms with Crippen LogP contribution in [0.4, 0.5) is 0 Å². The Hall–Kier alpha value is -1.22. The third kappa shape index (κ3) is 3.70. The first kappa shape index (κ1) is 16.2. The summed E-state index contributed by atoms with van der Waals surface area (Å²) in [7, 11) is 3.36. The summed E-state index contributed by atoms with van der Waals surface area (Å²) in [5.41, 5.74) is 7.64. The maximum Gasteiger partial charge on any atom is 0.127 e. The number of hydrogen-bond donors (Lipinski definition) is 1. The highest BCUT2D eigenvalue weighted by Crippen LogP contribution is 2.41. The molecule has 0 aromatic heterocycles. The second-order valence-electron chi connectivity index (χ2n) is 6.55. The van der Waals surface area contributed by atoms with E-state index in [1.807, 2.05) is 12.1 Å². The van der Waals surface area contributed by atoms with Gasteiger partial charge >= 0.3 is 0 Å². The number of rotatable bonds is 5. The molecule has 0 radical (unpaired) electrons. The predicted octanol–water partition coefficient (Wildman–Crippen LogP) is 4.17. The smallest absolute Gasteiger partial charge is 0.127 e. The Morgan fingerprint density at radius 2 is 1.62 bits per heavy atom. The van der Waals surface area contributed by atoms with Gasteiger partial charge in [-0.2, -0.15) is 0 Å². The number of methoxy groups -OCH3 is 2. The van der Waals surface area contributed by atoms with E-state index in [2.05, 4.69) is 19.9 Å². The molecule has 0 amide bonds. The maximum atomic E-state index is 6.54. The number of nitrogens with two attached hydrogens (primary N) is 1. The Bertz CT molecular complexity index is 451. The van der Waals surface area contributed by atoms with E-state index >= 15 is 0 Å². The molecule has 1 aromatic rings. The number of benzene rings is 1. The van der Waals surface area contributed by atoms with Crippen molar-refractivity contribution in [3.63, 3.8) is 0 Å². The van der Waals surface area contributed by atoms with Gasteiger partial charge in [-0.1, -0.05) is 19.9 Å². The Morgan fingerprint density at radius 1 is 1.00 bits per heavy atom. The summed E-state index contributed by atoms with van der Waals surface area (Å²) in [5.74, 6) is 3.87. The number of ether oxygens (including phenoxy) is 2. The summed E-state index contributed by atoms with van der Waals surface area (Å²) in [6.45, 7) is 4.66. The lowest BCUT2D eigenvalue weighted by molar-refractivity contribution is 0.202. The second-order valence-corrected chi connectivity index (χ2v) is 6.55. The zero-order valence-electron chi connectivity index (χ0n) is 13.8. The zero-order chi connectivity index (χ0) is 15.4. The SMILES string of the molecule is COc1ccc(C(N)C2CCC(C(C)C)CC2)c(OC)c1. The van der Waals surface area contributed by atoms with E-state index in [0.717, 1.165) is 28.9 Å². The molecule has 1 fully saturated rings. The Kier molecular flexibility index (Phi) is 5.51. The van der Waals surface area contributed by atoms with Crippen molar-refractivity contribution in [2.75, 3.05) is 14.2 Å². The highest BCUT2D eigenvalue weighted by atomic mass is 16.5. The summed E-state index contributed by atoms with van der Waals surface area (Å²) in [6.07, 6.45) is 5.04. The van der Waals surface area contributed by atoms with E-state index in [4.69, 9.17) is 15.2 Å². The van der Waals surface area contributed by atoms with Crippen LogP contribution in [0.1, 0.15) is 51.1 Å². The van der Waals surface area contributed by atoms with Gasteiger partial charge < -0.3 is 15.2 Å². The van der Waals surface area contributed by atoms with Gasteiger partial charge in [-0.3, -0.25) is 0 Å². The van der Waals surface area contributed by atoms with E-state index in [0.29, 0.717) is 5.92 Å². The molecule has 1 aliphatic rings. The van der Waals surface area contributed by atoms with E-state index in [1.165, 1.54) is 25.7 Å². The van der Waals surface area contributed by atoms with E-state index in [9.17, 15) is 0 Å². The minimum atomic E-state index is 0.0546. The molecule has 1 atom stereocenters. The topological polar surface area (TPSA) is 44.5 Å². The lowest BCUT2D eigenvalue weighted by Gasteiger charge is -2.34. The van der Waals surface area contributed by atoms with Crippen LogP contribution in [0.2, 0.25) is 0 Å². The molecule has 0 saturated heterocycles. The Balaban J connectivity index is 2.08. The largest absolute Gasteiger partial charge is 0.497 e. The Morgan fingerprint density at radius 3 is 2.14 bits per heavy atom. The molecule has 2 rings (SSSR count). The summed E-state index contributed by atoms with van der Waals surface area (Å²) in [4.78, 5) is 0. The van der Waals surface area contributed by atoms with E-state index < -0.39 is 0 Å². The molecule has 2 N–H and O–H groups in total. The third-order valence-corrected chi connectivity index (χ3v) is 5.07. The van der Waals surface area contributed by atoms with Gasteiger partial charge in [0.1, 0.15) is 11.5 Å². The van der Waals surface area contributed by atoms with Crippen LogP contribution in [-0.4, -0.2) is 14.2 Å². The molecule has 1 aliphatic carbocycles. The van der Waals surface area contributed by atoms with Crippen molar-refractivity contribution in [2.45, 2.75) is 45.6 Å². The fourth-order valence-electron chi connectivity index (χ4n) is 3.52. The minimum absolute atomic E-state index is 0.0546. The van der Waals surface area contributed by atoms with Gasteiger partial charge in [0.15, 0.2) is 0 Å². The van der Waals surface area contributed by atoms with Gasteiger partial charge in [-0.05, 0) is 49.5 Å². The molecule has 1 saturated carbocycles. The first-order chi connectivity index (χ1) is 10.1. The number of hydrogen-bond acceptors (Lipinski definition) is 3. The molecule has 21 heavy (non-hydrogen) atoms. The molecule has 0 spiro atoms. The Labute approximate surface area is 128 Å². The molecule has 0 aliphatic heterocycles. The van der Waals surface area contributed by atoms with Gasteiger partial charge in [0.25, 0.3) is 0 Å². The normalized spacial score (nSPS) is 23.9. The minimum Gasteiger partial charge on any atom is -0.497 e. The average Bonchev–Trinajstić information content (AvgIpc) is 2.53. The van der Waals surface area contributed by atoms with Gasteiger partial charge in [0.2, 0.25) is 0 Å². The lowest BCUT2D eigenvalue weighted by Crippen LogP contribution is -2.27. The average molecular weight is 291 g/mol. The summed E-state index contributed by atoms with van der Waals surface area (Å²) in [5, 5.41) is 0. The van der Waals surface area contributed by atoms with Crippen molar-refractivity contribution in [3.8, 4) is 11.5 Å². The summed E-state index contributed by atoms with van der Waals surface area (Å²) < 4.78 is 10.8. The maximum absolute atomic E-state index is 6.54. The van der Waals surface area contributed by atoms with Crippen LogP contribution >= 0.6 is 0 Å². The van der Waals surface area contributed by atoms with E-state index in [1.54, 1.807) is 14.2 Å². The van der Waals surface area contributed by atoms with Crippen molar-refractivity contribution in [2.24, 2.45) is 23.5 Å². The fourth-order valence-corrected chi connectivity index (χ4v) is 3.52. The van der Waals surface area contributed by atoms with Gasteiger partial charge in [0.05, 0.1) is 14.2 Å².